The summed E-state index contributed by atoms with van der Waals surface area (Å²) >= 11 is 0. The van der Waals surface area contributed by atoms with E-state index in [-0.39, 0.29) is 17.9 Å². The maximum absolute atomic E-state index is 12.1. The van der Waals surface area contributed by atoms with Crippen LogP contribution in [0.2, 0.25) is 0 Å². The van der Waals surface area contributed by atoms with Gasteiger partial charge in [-0.25, -0.2) is 4.98 Å². The third-order valence-corrected chi connectivity index (χ3v) is 3.69. The summed E-state index contributed by atoms with van der Waals surface area (Å²) < 4.78 is 0. The first kappa shape index (κ1) is 11.2. The maximum Gasteiger partial charge on any atom is 0.230 e. The highest BCUT2D eigenvalue weighted by Gasteiger charge is 2.37. The van der Waals surface area contributed by atoms with Crippen molar-refractivity contribution in [2.75, 3.05) is 16.8 Å². The van der Waals surface area contributed by atoms with Crippen molar-refractivity contribution in [1.29, 1.82) is 0 Å². The maximum atomic E-state index is 12.1. The number of carbonyl (C=O) groups excluding carboxylic acids is 2. The Morgan fingerprint density at radius 1 is 1.33 bits per heavy atom. The molecular weight excluding hydrogens is 230 g/mol. The fourth-order valence-corrected chi connectivity index (χ4v) is 2.76. The molecule has 2 aliphatic heterocycles. The Labute approximate surface area is 105 Å². The molecule has 3 heterocycles. The molecule has 94 valence electrons. The van der Waals surface area contributed by atoms with Gasteiger partial charge >= 0.3 is 0 Å². The molecule has 2 aliphatic rings. The van der Waals surface area contributed by atoms with Gasteiger partial charge in [-0.2, -0.15) is 0 Å². The van der Waals surface area contributed by atoms with Crippen molar-refractivity contribution in [3.8, 4) is 0 Å². The van der Waals surface area contributed by atoms with Crippen LogP contribution in [0.15, 0.2) is 18.3 Å². The summed E-state index contributed by atoms with van der Waals surface area (Å²) in [7, 11) is 1.72. The van der Waals surface area contributed by atoms with Gasteiger partial charge in [0.05, 0.1) is 5.69 Å². The van der Waals surface area contributed by atoms with Crippen LogP contribution in [0.3, 0.4) is 0 Å². The Balaban J connectivity index is 2.15. The molecule has 5 nitrogen and oxygen atoms in total. The van der Waals surface area contributed by atoms with Crippen molar-refractivity contribution in [3.05, 3.63) is 18.3 Å². The molecule has 0 spiro atoms. The highest BCUT2D eigenvalue weighted by Crippen LogP contribution is 2.36. The van der Waals surface area contributed by atoms with Crippen molar-refractivity contribution in [3.63, 3.8) is 0 Å². The quantitative estimate of drug-likeness (QED) is 0.693. The van der Waals surface area contributed by atoms with E-state index in [1.54, 1.807) is 29.1 Å². The first-order valence-electron chi connectivity index (χ1n) is 6.22. The van der Waals surface area contributed by atoms with Gasteiger partial charge in [-0.1, -0.05) is 0 Å². The van der Waals surface area contributed by atoms with Crippen LogP contribution in [0, 0.1) is 0 Å². The van der Waals surface area contributed by atoms with Crippen LogP contribution in [0.5, 0.6) is 0 Å². The normalized spacial score (nSPS) is 23.5. The molecule has 5 heteroatoms. The molecule has 1 fully saturated rings. The fraction of sp³-hybridized carbons (Fsp3) is 0.462. The topological polar surface area (TPSA) is 53.5 Å². The van der Waals surface area contributed by atoms with E-state index in [0.717, 1.165) is 18.5 Å². The van der Waals surface area contributed by atoms with E-state index in [1.807, 2.05) is 6.07 Å². The summed E-state index contributed by atoms with van der Waals surface area (Å²) in [6, 6.07) is 3.67. The molecule has 1 saturated heterocycles. The van der Waals surface area contributed by atoms with E-state index in [9.17, 15) is 9.59 Å². The number of hydrogen-bond donors (Lipinski definition) is 0. The largest absolute Gasteiger partial charge is 0.305 e. The standard InChI is InChI=1S/C13H15N3O2/c1-15-12(18)8-9-4-2-6-11(17)16(9)10-5-3-7-14-13(10)15/h3,5,7,9H,2,4,6,8H2,1H3. The van der Waals surface area contributed by atoms with Crippen LogP contribution in [0.4, 0.5) is 11.5 Å². The second kappa shape index (κ2) is 4.08. The lowest BCUT2D eigenvalue weighted by atomic mass is 9.98. The van der Waals surface area contributed by atoms with Crippen LogP contribution < -0.4 is 9.80 Å². The summed E-state index contributed by atoms with van der Waals surface area (Å²) in [4.78, 5) is 31.8. The van der Waals surface area contributed by atoms with E-state index >= 15 is 0 Å². The first-order chi connectivity index (χ1) is 8.68. The number of aromatic nitrogens is 1. The van der Waals surface area contributed by atoms with Crippen LogP contribution >= 0.6 is 0 Å². The number of piperidine rings is 1. The summed E-state index contributed by atoms with van der Waals surface area (Å²) in [6.45, 7) is 0. The Hall–Kier alpha value is -1.91. The van der Waals surface area contributed by atoms with Gasteiger partial charge in [0.15, 0.2) is 5.82 Å². The number of fused-ring (bicyclic) bond motifs is 3. The molecule has 0 N–H and O–H groups in total. The van der Waals surface area contributed by atoms with Gasteiger partial charge in [-0.3, -0.25) is 14.5 Å². The zero-order valence-electron chi connectivity index (χ0n) is 10.3. The zero-order chi connectivity index (χ0) is 12.7. The summed E-state index contributed by atoms with van der Waals surface area (Å²) in [5.41, 5.74) is 0.764. The van der Waals surface area contributed by atoms with Gasteiger partial charge < -0.3 is 4.90 Å². The van der Waals surface area contributed by atoms with E-state index < -0.39 is 0 Å². The van der Waals surface area contributed by atoms with Crippen LogP contribution in [-0.2, 0) is 9.59 Å². The lowest BCUT2D eigenvalue weighted by Crippen LogP contribution is -2.44. The highest BCUT2D eigenvalue weighted by molar-refractivity contribution is 6.04. The number of hydrogen-bond acceptors (Lipinski definition) is 3. The fourth-order valence-electron chi connectivity index (χ4n) is 2.76. The van der Waals surface area contributed by atoms with Crippen molar-refractivity contribution in [2.45, 2.75) is 31.7 Å². The average Bonchev–Trinajstić information content (AvgIpc) is 2.48. The van der Waals surface area contributed by atoms with Gasteiger partial charge in [-0.15, -0.1) is 0 Å². The lowest BCUT2D eigenvalue weighted by molar-refractivity contribution is -0.121. The van der Waals surface area contributed by atoms with Crippen LogP contribution in [0.25, 0.3) is 0 Å². The predicted molar refractivity (Wildman–Crippen MR) is 67.4 cm³/mol. The molecule has 1 atom stereocenters. The first-order valence-corrected chi connectivity index (χ1v) is 6.22. The Bertz CT molecular complexity index is 515. The zero-order valence-corrected chi connectivity index (χ0v) is 10.3. The molecule has 0 aromatic carbocycles. The molecule has 0 saturated carbocycles. The highest BCUT2D eigenvalue weighted by atomic mass is 16.2. The Kier molecular flexibility index (Phi) is 2.54. The third kappa shape index (κ3) is 1.58. The summed E-state index contributed by atoms with van der Waals surface area (Å²) in [5.74, 6) is 0.709. The second-order valence-corrected chi connectivity index (χ2v) is 4.81. The summed E-state index contributed by atoms with van der Waals surface area (Å²) in [5, 5.41) is 0. The molecule has 0 radical (unpaired) electrons. The average molecular weight is 245 g/mol. The molecule has 0 bridgehead atoms. The van der Waals surface area contributed by atoms with Crippen molar-refractivity contribution < 1.29 is 9.59 Å². The summed E-state index contributed by atoms with van der Waals surface area (Å²) in [6.07, 6.45) is 4.35. The van der Waals surface area contributed by atoms with E-state index in [0.29, 0.717) is 18.7 Å². The van der Waals surface area contributed by atoms with E-state index in [2.05, 4.69) is 4.98 Å². The minimum Gasteiger partial charge on any atom is -0.305 e. The predicted octanol–water partition coefficient (Wildman–Crippen LogP) is 1.33. The van der Waals surface area contributed by atoms with Crippen LogP contribution in [-0.4, -0.2) is 29.9 Å². The minimum atomic E-state index is -0.00773. The van der Waals surface area contributed by atoms with E-state index in [4.69, 9.17) is 0 Å². The monoisotopic (exact) mass is 245 g/mol. The van der Waals surface area contributed by atoms with Gasteiger partial charge in [0.25, 0.3) is 0 Å². The third-order valence-electron chi connectivity index (χ3n) is 3.69. The van der Waals surface area contributed by atoms with Crippen molar-refractivity contribution >= 4 is 23.3 Å². The number of anilines is 2. The molecule has 1 aromatic heterocycles. The van der Waals surface area contributed by atoms with Crippen LogP contribution in [0.1, 0.15) is 25.7 Å². The number of pyridine rings is 1. The smallest absolute Gasteiger partial charge is 0.230 e. The number of amides is 2. The molecular formula is C13H15N3O2. The van der Waals surface area contributed by atoms with Gasteiger partial charge in [-0.05, 0) is 25.0 Å². The van der Waals surface area contributed by atoms with Crippen molar-refractivity contribution in [2.24, 2.45) is 0 Å². The van der Waals surface area contributed by atoms with Gasteiger partial charge in [0, 0.05) is 32.1 Å². The minimum absolute atomic E-state index is 0.00773. The molecule has 3 rings (SSSR count). The second-order valence-electron chi connectivity index (χ2n) is 4.81. The number of nitrogens with zero attached hydrogens (tertiary/aromatic N) is 3. The molecule has 1 aromatic rings. The molecule has 0 aliphatic carbocycles. The molecule has 1 unspecified atom stereocenters. The lowest BCUT2D eigenvalue weighted by Gasteiger charge is -2.33. The van der Waals surface area contributed by atoms with E-state index in [1.165, 1.54) is 0 Å². The van der Waals surface area contributed by atoms with Gasteiger partial charge in [0.1, 0.15) is 0 Å². The molecule has 18 heavy (non-hydrogen) atoms. The van der Waals surface area contributed by atoms with Gasteiger partial charge in [0.2, 0.25) is 11.8 Å². The SMILES string of the molecule is CN1C(=O)CC2CCCC(=O)N2c2cccnc21. The Morgan fingerprint density at radius 3 is 3.00 bits per heavy atom. The number of carbonyl (C=O) groups is 2. The molecule has 2 amide bonds. The van der Waals surface area contributed by atoms with Crippen molar-refractivity contribution in [1.82, 2.24) is 4.98 Å². The number of rotatable bonds is 0. The Morgan fingerprint density at radius 2 is 2.17 bits per heavy atom.